The summed E-state index contributed by atoms with van der Waals surface area (Å²) in [4.78, 5) is 21.9. The highest BCUT2D eigenvalue weighted by molar-refractivity contribution is 9.10. The zero-order valence-corrected chi connectivity index (χ0v) is 10.4. The van der Waals surface area contributed by atoms with Gasteiger partial charge in [-0.1, -0.05) is 6.07 Å². The summed E-state index contributed by atoms with van der Waals surface area (Å²) in [6, 6.07) is 2.37. The SMILES string of the molecule is CC(NC(=O)Nc1c(F)cccc1Br)C(=O)O. The topological polar surface area (TPSA) is 78.4 Å². The molecule has 0 aromatic heterocycles. The zero-order chi connectivity index (χ0) is 13.0. The van der Waals surface area contributed by atoms with Crippen molar-refractivity contribution < 1.29 is 19.1 Å². The molecule has 0 aliphatic rings. The lowest BCUT2D eigenvalue weighted by atomic mass is 10.3. The molecule has 0 aliphatic heterocycles. The number of carboxylic acids is 1. The Kier molecular flexibility index (Phi) is 4.45. The van der Waals surface area contributed by atoms with Gasteiger partial charge in [-0.05, 0) is 35.0 Å². The van der Waals surface area contributed by atoms with Crippen LogP contribution in [0.4, 0.5) is 14.9 Å². The number of para-hydroxylation sites is 1. The molecule has 0 spiro atoms. The van der Waals surface area contributed by atoms with Gasteiger partial charge in [0.1, 0.15) is 11.9 Å². The molecule has 7 heteroatoms. The van der Waals surface area contributed by atoms with E-state index < -0.39 is 23.9 Å². The Labute approximate surface area is 105 Å². The molecule has 0 heterocycles. The minimum absolute atomic E-state index is 0.0393. The van der Waals surface area contributed by atoms with E-state index in [9.17, 15) is 14.0 Å². The van der Waals surface area contributed by atoms with Gasteiger partial charge < -0.3 is 15.7 Å². The largest absolute Gasteiger partial charge is 0.480 e. The van der Waals surface area contributed by atoms with Crippen LogP contribution in [-0.4, -0.2) is 23.1 Å². The number of aliphatic carboxylic acids is 1. The Morgan fingerprint density at radius 2 is 2.12 bits per heavy atom. The molecule has 0 saturated heterocycles. The van der Waals surface area contributed by atoms with E-state index in [4.69, 9.17) is 5.11 Å². The third kappa shape index (κ3) is 3.70. The summed E-state index contributed by atoms with van der Waals surface area (Å²) in [7, 11) is 0. The number of benzene rings is 1. The maximum absolute atomic E-state index is 13.3. The highest BCUT2D eigenvalue weighted by atomic mass is 79.9. The predicted octanol–water partition coefficient (Wildman–Crippen LogP) is 2.18. The van der Waals surface area contributed by atoms with Crippen molar-refractivity contribution in [1.29, 1.82) is 0 Å². The number of rotatable bonds is 3. The van der Waals surface area contributed by atoms with Crippen LogP contribution in [-0.2, 0) is 4.79 Å². The first-order valence-corrected chi connectivity index (χ1v) is 5.45. The fourth-order valence-corrected chi connectivity index (χ4v) is 1.47. The lowest BCUT2D eigenvalue weighted by Crippen LogP contribution is -2.41. The first-order valence-electron chi connectivity index (χ1n) is 4.66. The van der Waals surface area contributed by atoms with Crippen molar-refractivity contribution in [2.45, 2.75) is 13.0 Å². The van der Waals surface area contributed by atoms with Crippen molar-refractivity contribution in [2.75, 3.05) is 5.32 Å². The summed E-state index contributed by atoms with van der Waals surface area (Å²) >= 11 is 3.07. The van der Waals surface area contributed by atoms with Gasteiger partial charge in [0, 0.05) is 4.47 Å². The molecule has 1 atom stereocenters. The Hall–Kier alpha value is -1.63. The van der Waals surface area contributed by atoms with E-state index in [1.165, 1.54) is 19.1 Å². The molecule has 1 unspecified atom stereocenters. The van der Waals surface area contributed by atoms with Gasteiger partial charge in [-0.2, -0.15) is 0 Å². The van der Waals surface area contributed by atoms with Crippen molar-refractivity contribution in [3.8, 4) is 0 Å². The summed E-state index contributed by atoms with van der Waals surface area (Å²) in [5, 5.41) is 13.0. The smallest absolute Gasteiger partial charge is 0.325 e. The lowest BCUT2D eigenvalue weighted by Gasteiger charge is -2.12. The van der Waals surface area contributed by atoms with Crippen molar-refractivity contribution in [3.05, 3.63) is 28.5 Å². The summed E-state index contributed by atoms with van der Waals surface area (Å²) in [6.07, 6.45) is 0. The highest BCUT2D eigenvalue weighted by Gasteiger charge is 2.15. The summed E-state index contributed by atoms with van der Waals surface area (Å²) in [6.45, 7) is 1.30. The van der Waals surface area contributed by atoms with Crippen molar-refractivity contribution in [3.63, 3.8) is 0 Å². The monoisotopic (exact) mass is 304 g/mol. The Morgan fingerprint density at radius 3 is 2.65 bits per heavy atom. The third-order valence-electron chi connectivity index (χ3n) is 1.92. The molecular formula is C10H10BrFN2O3. The number of carbonyl (C=O) groups is 2. The van der Waals surface area contributed by atoms with E-state index in [1.807, 2.05) is 0 Å². The maximum Gasteiger partial charge on any atom is 0.325 e. The first-order chi connectivity index (χ1) is 7.91. The van der Waals surface area contributed by atoms with Gasteiger partial charge in [0.15, 0.2) is 0 Å². The Morgan fingerprint density at radius 1 is 1.47 bits per heavy atom. The second-order valence-electron chi connectivity index (χ2n) is 3.26. The molecule has 0 bridgehead atoms. The van der Waals surface area contributed by atoms with Gasteiger partial charge in [-0.15, -0.1) is 0 Å². The van der Waals surface area contributed by atoms with Gasteiger partial charge in [0.05, 0.1) is 5.69 Å². The third-order valence-corrected chi connectivity index (χ3v) is 2.58. The van der Waals surface area contributed by atoms with Gasteiger partial charge in [0.25, 0.3) is 0 Å². The van der Waals surface area contributed by atoms with Gasteiger partial charge in [0.2, 0.25) is 0 Å². The zero-order valence-electron chi connectivity index (χ0n) is 8.83. The van der Waals surface area contributed by atoms with Crippen LogP contribution in [0.2, 0.25) is 0 Å². The van der Waals surface area contributed by atoms with Gasteiger partial charge in [-0.25, -0.2) is 9.18 Å². The Balaban J connectivity index is 2.72. The molecule has 3 N–H and O–H groups in total. The van der Waals surface area contributed by atoms with Crippen LogP contribution in [0.25, 0.3) is 0 Å². The second kappa shape index (κ2) is 5.62. The molecule has 1 aromatic rings. The van der Waals surface area contributed by atoms with Crippen LogP contribution >= 0.6 is 15.9 Å². The van der Waals surface area contributed by atoms with E-state index in [1.54, 1.807) is 6.07 Å². The molecular weight excluding hydrogens is 295 g/mol. The van der Waals surface area contributed by atoms with E-state index in [2.05, 4.69) is 26.6 Å². The van der Waals surface area contributed by atoms with Crippen molar-refractivity contribution in [2.24, 2.45) is 0 Å². The quantitative estimate of drug-likeness (QED) is 0.801. The summed E-state index contributed by atoms with van der Waals surface area (Å²) in [5.41, 5.74) is -0.0393. The van der Waals surface area contributed by atoms with E-state index in [-0.39, 0.29) is 5.69 Å². The second-order valence-corrected chi connectivity index (χ2v) is 4.11. The van der Waals surface area contributed by atoms with Crippen LogP contribution in [0.5, 0.6) is 0 Å². The number of carbonyl (C=O) groups excluding carboxylic acids is 1. The fraction of sp³-hybridized carbons (Fsp3) is 0.200. The van der Waals surface area contributed by atoms with Crippen LogP contribution in [0.3, 0.4) is 0 Å². The van der Waals surface area contributed by atoms with Crippen LogP contribution in [0.15, 0.2) is 22.7 Å². The molecule has 1 rings (SSSR count). The normalized spacial score (nSPS) is 11.7. The predicted molar refractivity (Wildman–Crippen MR) is 63.4 cm³/mol. The van der Waals surface area contributed by atoms with E-state index in [0.717, 1.165) is 0 Å². The minimum atomic E-state index is -1.17. The minimum Gasteiger partial charge on any atom is -0.480 e. The van der Waals surface area contributed by atoms with Crippen molar-refractivity contribution >= 4 is 33.6 Å². The van der Waals surface area contributed by atoms with Crippen LogP contribution < -0.4 is 10.6 Å². The Bertz CT molecular complexity index is 433. The average molecular weight is 305 g/mol. The van der Waals surface area contributed by atoms with Gasteiger partial charge in [-0.3, -0.25) is 4.79 Å². The number of anilines is 1. The van der Waals surface area contributed by atoms with Crippen LogP contribution in [0, 0.1) is 5.82 Å². The molecule has 92 valence electrons. The van der Waals surface area contributed by atoms with E-state index in [0.29, 0.717) is 4.47 Å². The number of hydrogen-bond acceptors (Lipinski definition) is 2. The van der Waals surface area contributed by atoms with E-state index >= 15 is 0 Å². The van der Waals surface area contributed by atoms with Crippen molar-refractivity contribution in [1.82, 2.24) is 5.32 Å². The molecule has 1 aromatic carbocycles. The lowest BCUT2D eigenvalue weighted by molar-refractivity contribution is -0.138. The first kappa shape index (κ1) is 13.4. The molecule has 0 radical (unpaired) electrons. The maximum atomic E-state index is 13.3. The standard InChI is InChI=1S/C10H10BrFN2O3/c1-5(9(15)16)13-10(17)14-8-6(11)3-2-4-7(8)12/h2-5H,1H3,(H,15,16)(H2,13,14,17). The molecule has 2 amide bonds. The van der Waals surface area contributed by atoms with Gasteiger partial charge >= 0.3 is 12.0 Å². The summed E-state index contributed by atoms with van der Waals surface area (Å²) < 4.78 is 13.7. The number of carboxylic acid groups (broad SMARTS) is 1. The fourth-order valence-electron chi connectivity index (χ4n) is 1.03. The molecule has 0 fully saturated rings. The summed E-state index contributed by atoms with van der Waals surface area (Å²) in [5.74, 6) is -1.79. The average Bonchev–Trinajstić information content (AvgIpc) is 2.23. The van der Waals surface area contributed by atoms with Crippen LogP contribution in [0.1, 0.15) is 6.92 Å². The highest BCUT2D eigenvalue weighted by Crippen LogP contribution is 2.24. The number of nitrogens with one attached hydrogen (secondary N) is 2. The number of amides is 2. The number of urea groups is 1. The molecule has 0 aliphatic carbocycles. The number of halogens is 2. The molecule has 0 saturated carbocycles. The molecule has 17 heavy (non-hydrogen) atoms. The number of hydrogen-bond donors (Lipinski definition) is 3. The molecule has 5 nitrogen and oxygen atoms in total.